The minimum Gasteiger partial charge on any atom is -0.492 e. The third kappa shape index (κ3) is 3.19. The number of benzene rings is 2. The molecule has 25 heavy (non-hydrogen) atoms. The molecule has 0 aliphatic rings. The topological polar surface area (TPSA) is 47.0 Å². The number of fused-ring (bicyclic) bond motifs is 1. The van der Waals surface area contributed by atoms with Crippen molar-refractivity contribution in [1.29, 1.82) is 0 Å². The molecular formula is C20H17N3OS. The van der Waals surface area contributed by atoms with Gasteiger partial charge in [0.15, 0.2) is 0 Å². The lowest BCUT2D eigenvalue weighted by atomic mass is 10.2. The molecule has 0 aliphatic heterocycles. The number of hydrogen-bond donors (Lipinski definition) is 1. The molecule has 4 nitrogen and oxygen atoms in total. The highest BCUT2D eigenvalue weighted by Crippen LogP contribution is 2.36. The first kappa shape index (κ1) is 15.6. The smallest absolute Gasteiger partial charge is 0.142 e. The average molecular weight is 347 g/mol. The van der Waals surface area contributed by atoms with E-state index in [1.54, 1.807) is 17.7 Å². The second-order valence-electron chi connectivity index (χ2n) is 5.47. The molecule has 0 unspecified atom stereocenters. The van der Waals surface area contributed by atoms with Gasteiger partial charge in [0.1, 0.15) is 22.7 Å². The first-order valence-corrected chi connectivity index (χ1v) is 8.95. The number of nitrogens with one attached hydrogen (secondary N) is 1. The molecular weight excluding hydrogens is 330 g/mol. The molecule has 0 amide bonds. The highest BCUT2D eigenvalue weighted by molar-refractivity contribution is 7.21. The lowest BCUT2D eigenvalue weighted by Gasteiger charge is -2.11. The number of aromatic nitrogens is 2. The maximum absolute atomic E-state index is 5.69. The van der Waals surface area contributed by atoms with Crippen molar-refractivity contribution in [2.75, 3.05) is 11.9 Å². The van der Waals surface area contributed by atoms with Crippen LogP contribution in [-0.2, 0) is 0 Å². The summed E-state index contributed by atoms with van der Waals surface area (Å²) in [6.07, 6.45) is 1.60. The summed E-state index contributed by atoms with van der Waals surface area (Å²) < 4.78 is 5.69. The summed E-state index contributed by atoms with van der Waals surface area (Å²) in [5, 5.41) is 4.41. The number of anilines is 2. The molecule has 2 aromatic carbocycles. The lowest BCUT2D eigenvalue weighted by molar-refractivity contribution is 0.342. The molecule has 0 bridgehead atoms. The molecule has 0 saturated heterocycles. The second-order valence-corrected chi connectivity index (χ2v) is 6.50. The van der Waals surface area contributed by atoms with Crippen LogP contribution in [0.25, 0.3) is 20.7 Å². The predicted molar refractivity (Wildman–Crippen MR) is 104 cm³/mol. The number of ether oxygens (including phenoxy) is 1. The van der Waals surface area contributed by atoms with Crippen LogP contribution in [0, 0.1) is 0 Å². The molecule has 1 N–H and O–H groups in total. The van der Waals surface area contributed by atoms with E-state index in [0.29, 0.717) is 6.61 Å². The maximum Gasteiger partial charge on any atom is 0.142 e. The summed E-state index contributed by atoms with van der Waals surface area (Å²) in [7, 11) is 0. The van der Waals surface area contributed by atoms with Crippen molar-refractivity contribution in [2.45, 2.75) is 6.92 Å². The van der Waals surface area contributed by atoms with Crippen LogP contribution in [0.2, 0.25) is 0 Å². The highest BCUT2D eigenvalue weighted by atomic mass is 32.1. The van der Waals surface area contributed by atoms with E-state index in [0.717, 1.165) is 27.5 Å². The fourth-order valence-corrected chi connectivity index (χ4v) is 3.68. The molecule has 4 aromatic rings. The van der Waals surface area contributed by atoms with Crippen LogP contribution in [0.15, 0.2) is 67.0 Å². The van der Waals surface area contributed by atoms with Gasteiger partial charge < -0.3 is 10.1 Å². The Bertz CT molecular complexity index is 998. The highest BCUT2D eigenvalue weighted by Gasteiger charge is 2.11. The Kier molecular flexibility index (Phi) is 4.31. The van der Waals surface area contributed by atoms with E-state index in [1.807, 2.05) is 49.4 Å². The van der Waals surface area contributed by atoms with Gasteiger partial charge in [-0.3, -0.25) is 0 Å². The predicted octanol–water partition coefficient (Wildman–Crippen LogP) is 5.50. The molecule has 4 rings (SSSR count). The van der Waals surface area contributed by atoms with Crippen molar-refractivity contribution in [2.24, 2.45) is 0 Å². The van der Waals surface area contributed by atoms with E-state index in [9.17, 15) is 0 Å². The summed E-state index contributed by atoms with van der Waals surface area (Å²) in [5.41, 5.74) is 2.09. The van der Waals surface area contributed by atoms with E-state index in [1.165, 1.54) is 10.4 Å². The van der Waals surface area contributed by atoms with E-state index in [4.69, 9.17) is 4.74 Å². The zero-order chi connectivity index (χ0) is 17.1. The third-order valence-electron chi connectivity index (χ3n) is 3.83. The molecule has 0 radical (unpaired) electrons. The minimum atomic E-state index is 0.620. The number of rotatable bonds is 5. The molecule has 0 saturated carbocycles. The van der Waals surface area contributed by atoms with Crippen molar-refractivity contribution in [1.82, 2.24) is 9.97 Å². The zero-order valence-electron chi connectivity index (χ0n) is 13.8. The summed E-state index contributed by atoms with van der Waals surface area (Å²) in [6.45, 7) is 2.60. The maximum atomic E-state index is 5.69. The summed E-state index contributed by atoms with van der Waals surface area (Å²) in [4.78, 5) is 11.0. The molecule has 0 fully saturated rings. The number of thiophene rings is 1. The van der Waals surface area contributed by atoms with Crippen molar-refractivity contribution in [3.63, 3.8) is 0 Å². The van der Waals surface area contributed by atoms with Crippen molar-refractivity contribution < 1.29 is 4.74 Å². The monoisotopic (exact) mass is 347 g/mol. The lowest BCUT2D eigenvalue weighted by Crippen LogP contribution is -1.99. The van der Waals surface area contributed by atoms with Crippen molar-refractivity contribution >= 4 is 33.1 Å². The van der Waals surface area contributed by atoms with Gasteiger partial charge in [0.05, 0.1) is 17.7 Å². The molecule has 0 atom stereocenters. The average Bonchev–Trinajstić information content (AvgIpc) is 3.10. The Morgan fingerprint density at radius 2 is 1.80 bits per heavy atom. The van der Waals surface area contributed by atoms with Gasteiger partial charge in [0.2, 0.25) is 0 Å². The van der Waals surface area contributed by atoms with E-state index in [-0.39, 0.29) is 0 Å². The first-order chi connectivity index (χ1) is 12.3. The SMILES string of the molecule is CCOc1ccccc1Nc1ncnc2sc(-c3ccccc3)cc12. The molecule has 2 aromatic heterocycles. The van der Waals surface area contributed by atoms with Gasteiger partial charge in [0.25, 0.3) is 0 Å². The van der Waals surface area contributed by atoms with Crippen molar-refractivity contribution in [3.05, 3.63) is 67.0 Å². The van der Waals surface area contributed by atoms with Gasteiger partial charge in [-0.2, -0.15) is 0 Å². The molecule has 5 heteroatoms. The Balaban J connectivity index is 1.75. The Morgan fingerprint density at radius 1 is 1.00 bits per heavy atom. The van der Waals surface area contributed by atoms with Crippen LogP contribution >= 0.6 is 11.3 Å². The Labute approximate surface area is 150 Å². The molecule has 2 heterocycles. The summed E-state index contributed by atoms with van der Waals surface area (Å²) in [5.74, 6) is 1.60. The fraction of sp³-hybridized carbons (Fsp3) is 0.100. The second kappa shape index (κ2) is 6.91. The van der Waals surface area contributed by atoms with Gasteiger partial charge in [0, 0.05) is 4.88 Å². The van der Waals surface area contributed by atoms with Gasteiger partial charge in [-0.25, -0.2) is 9.97 Å². The molecule has 0 aliphatic carbocycles. The Hall–Kier alpha value is -2.92. The third-order valence-corrected chi connectivity index (χ3v) is 4.92. The van der Waals surface area contributed by atoms with Gasteiger partial charge in [-0.1, -0.05) is 42.5 Å². The van der Waals surface area contributed by atoms with Crippen LogP contribution in [0.4, 0.5) is 11.5 Å². The Morgan fingerprint density at radius 3 is 2.64 bits per heavy atom. The van der Waals surface area contributed by atoms with Gasteiger partial charge >= 0.3 is 0 Å². The summed E-state index contributed by atoms with van der Waals surface area (Å²) >= 11 is 1.67. The quantitative estimate of drug-likeness (QED) is 0.518. The number of hydrogen-bond acceptors (Lipinski definition) is 5. The van der Waals surface area contributed by atoms with Crippen LogP contribution in [0.1, 0.15) is 6.92 Å². The van der Waals surface area contributed by atoms with Crippen LogP contribution < -0.4 is 10.1 Å². The largest absolute Gasteiger partial charge is 0.492 e. The fourth-order valence-electron chi connectivity index (χ4n) is 2.68. The van der Waals surface area contributed by atoms with Crippen LogP contribution in [0.5, 0.6) is 5.75 Å². The van der Waals surface area contributed by atoms with Crippen LogP contribution in [0.3, 0.4) is 0 Å². The van der Waals surface area contributed by atoms with Crippen molar-refractivity contribution in [3.8, 4) is 16.2 Å². The van der Waals surface area contributed by atoms with Gasteiger partial charge in [-0.15, -0.1) is 11.3 Å². The number of nitrogens with zero attached hydrogens (tertiary/aromatic N) is 2. The van der Waals surface area contributed by atoms with E-state index < -0.39 is 0 Å². The van der Waals surface area contributed by atoms with E-state index in [2.05, 4.69) is 33.5 Å². The molecule has 124 valence electrons. The zero-order valence-corrected chi connectivity index (χ0v) is 14.6. The van der Waals surface area contributed by atoms with Gasteiger partial charge in [-0.05, 0) is 30.7 Å². The normalized spacial score (nSPS) is 10.8. The molecule has 0 spiro atoms. The van der Waals surface area contributed by atoms with Crippen LogP contribution in [-0.4, -0.2) is 16.6 Å². The first-order valence-electron chi connectivity index (χ1n) is 8.14. The van der Waals surface area contributed by atoms with E-state index >= 15 is 0 Å². The number of para-hydroxylation sites is 2. The minimum absolute atomic E-state index is 0.620. The standard InChI is InChI=1S/C20H17N3OS/c1-2-24-17-11-7-6-10-16(17)23-19-15-12-18(14-8-4-3-5-9-14)25-20(15)22-13-21-19/h3-13H,2H2,1H3,(H,21,22,23). The summed E-state index contributed by atoms with van der Waals surface area (Å²) in [6, 6.07) is 20.3.